The number of carbonyl (C=O) groups is 1. The third kappa shape index (κ3) is 6.89. The van der Waals surface area contributed by atoms with E-state index < -0.39 is 18.7 Å². The molecule has 0 saturated heterocycles. The Hall–Kier alpha value is -1.80. The van der Waals surface area contributed by atoms with Crippen molar-refractivity contribution in [1.29, 1.82) is 0 Å². The number of aryl methyl sites for hydroxylation is 1. The normalized spacial score (nSPS) is 13.0. The van der Waals surface area contributed by atoms with Gasteiger partial charge in [-0.1, -0.05) is 45.7 Å². The van der Waals surface area contributed by atoms with Gasteiger partial charge in [-0.3, -0.25) is 4.79 Å². The van der Waals surface area contributed by atoms with Crippen LogP contribution in [-0.2, 0) is 12.0 Å². The molecule has 0 fully saturated rings. The summed E-state index contributed by atoms with van der Waals surface area (Å²) >= 11 is 7.33. The van der Waals surface area contributed by atoms with Gasteiger partial charge in [-0.25, -0.2) is 0 Å². The second-order valence-electron chi connectivity index (χ2n) is 7.64. The average Bonchev–Trinajstić information content (AvgIpc) is 3.01. The van der Waals surface area contributed by atoms with E-state index in [9.17, 15) is 18.0 Å². The largest absolute Gasteiger partial charge is 0.483 e. The number of hydrogen-bond acceptors (Lipinski definition) is 3. The van der Waals surface area contributed by atoms with Crippen LogP contribution in [0.5, 0.6) is 5.75 Å². The molecular weight excluding hydrogens is 425 g/mol. The number of rotatable bonds is 6. The Balaban J connectivity index is 2.46. The molecule has 2 rings (SSSR count). The van der Waals surface area contributed by atoms with Crippen LogP contribution in [0.2, 0.25) is 5.02 Å². The minimum atomic E-state index is -4.52. The molecule has 1 heterocycles. The van der Waals surface area contributed by atoms with Crippen LogP contribution in [0.15, 0.2) is 29.4 Å². The number of alkyl halides is 3. The zero-order valence-electron chi connectivity index (χ0n) is 16.8. The van der Waals surface area contributed by atoms with Crippen LogP contribution in [0.1, 0.15) is 55.8 Å². The second-order valence-corrected chi connectivity index (χ2v) is 9.08. The number of benzene rings is 1. The van der Waals surface area contributed by atoms with Crippen LogP contribution in [0.4, 0.5) is 13.2 Å². The van der Waals surface area contributed by atoms with Crippen LogP contribution in [0.3, 0.4) is 0 Å². The van der Waals surface area contributed by atoms with Gasteiger partial charge in [0.25, 0.3) is 5.91 Å². The van der Waals surface area contributed by atoms with Crippen LogP contribution in [0.25, 0.3) is 0 Å². The Morgan fingerprint density at radius 3 is 2.55 bits per heavy atom. The quantitative estimate of drug-likeness (QED) is 0.545. The Bertz CT molecular complexity index is 927. The molecule has 0 spiro atoms. The molecule has 0 unspecified atom stereocenters. The van der Waals surface area contributed by atoms with Gasteiger partial charge in [0.2, 0.25) is 0 Å². The standard InChI is InChI=1S/C20H24ClF3N2O2S/c1-5-6-9-26-11-16(19(2,3)4)29-18(26)25-17(27)14-10-13(21)7-8-15(14)28-12-20(22,23)24/h7-8,10-11H,5-6,9,12H2,1-4H3. The monoisotopic (exact) mass is 448 g/mol. The summed E-state index contributed by atoms with van der Waals surface area (Å²) in [4.78, 5) is 18.5. The topological polar surface area (TPSA) is 43.6 Å². The van der Waals surface area contributed by atoms with Gasteiger partial charge in [-0.05, 0) is 30.0 Å². The molecule has 0 aliphatic rings. The van der Waals surface area contributed by atoms with Gasteiger partial charge in [0.1, 0.15) is 5.75 Å². The van der Waals surface area contributed by atoms with Gasteiger partial charge in [0.15, 0.2) is 11.4 Å². The molecule has 0 atom stereocenters. The zero-order valence-corrected chi connectivity index (χ0v) is 18.3. The number of aromatic nitrogens is 1. The maximum atomic E-state index is 12.8. The van der Waals surface area contributed by atoms with Crippen LogP contribution in [-0.4, -0.2) is 23.3 Å². The van der Waals surface area contributed by atoms with Crippen molar-refractivity contribution in [2.75, 3.05) is 6.61 Å². The first-order chi connectivity index (χ1) is 13.4. The molecule has 0 aliphatic heterocycles. The molecule has 1 aromatic carbocycles. The molecule has 29 heavy (non-hydrogen) atoms. The average molecular weight is 449 g/mol. The molecular formula is C20H24ClF3N2O2S. The SMILES string of the molecule is CCCCn1cc(C(C)(C)C)sc1=NC(=O)c1cc(Cl)ccc1OCC(F)(F)F. The first-order valence-electron chi connectivity index (χ1n) is 9.19. The summed E-state index contributed by atoms with van der Waals surface area (Å²) < 4.78 is 44.3. The lowest BCUT2D eigenvalue weighted by atomic mass is 9.95. The first-order valence-corrected chi connectivity index (χ1v) is 10.4. The predicted molar refractivity (Wildman–Crippen MR) is 109 cm³/mol. The smallest absolute Gasteiger partial charge is 0.422 e. The number of unbranched alkanes of at least 4 members (excludes halogenated alkanes) is 1. The number of carbonyl (C=O) groups excluding carboxylic acids is 1. The van der Waals surface area contributed by atoms with Crippen molar-refractivity contribution < 1.29 is 22.7 Å². The minimum absolute atomic E-state index is 0.102. The zero-order chi connectivity index (χ0) is 21.8. The lowest BCUT2D eigenvalue weighted by molar-refractivity contribution is -0.153. The summed E-state index contributed by atoms with van der Waals surface area (Å²) in [5.74, 6) is -0.898. The maximum absolute atomic E-state index is 12.8. The predicted octanol–water partition coefficient (Wildman–Crippen LogP) is 5.98. The van der Waals surface area contributed by atoms with E-state index in [1.807, 2.05) is 10.8 Å². The van der Waals surface area contributed by atoms with Crippen LogP contribution < -0.4 is 9.54 Å². The lowest BCUT2D eigenvalue weighted by Crippen LogP contribution is -2.20. The fourth-order valence-corrected chi connectivity index (χ4v) is 3.65. The minimum Gasteiger partial charge on any atom is -0.483 e. The van der Waals surface area contributed by atoms with Crippen molar-refractivity contribution in [3.63, 3.8) is 0 Å². The fourth-order valence-electron chi connectivity index (χ4n) is 2.40. The lowest BCUT2D eigenvalue weighted by Gasteiger charge is -2.14. The van der Waals surface area contributed by atoms with Crippen LogP contribution in [0, 0.1) is 0 Å². The molecule has 2 aromatic rings. The van der Waals surface area contributed by atoms with Gasteiger partial charge >= 0.3 is 6.18 Å². The Kier molecular flexibility index (Phi) is 7.56. The highest BCUT2D eigenvalue weighted by Gasteiger charge is 2.29. The Labute approximate surface area is 177 Å². The number of amides is 1. The van der Waals surface area contributed by atoms with Crippen LogP contribution >= 0.6 is 22.9 Å². The summed E-state index contributed by atoms with van der Waals surface area (Å²) in [5, 5.41) is 0.211. The van der Waals surface area contributed by atoms with Gasteiger partial charge in [-0.2, -0.15) is 18.2 Å². The Morgan fingerprint density at radius 1 is 1.28 bits per heavy atom. The maximum Gasteiger partial charge on any atom is 0.422 e. The van der Waals surface area contributed by atoms with Crippen molar-refractivity contribution in [1.82, 2.24) is 4.57 Å². The number of thiazole rings is 1. The van der Waals surface area contributed by atoms with E-state index in [1.165, 1.54) is 29.5 Å². The molecule has 0 bridgehead atoms. The van der Waals surface area contributed by atoms with E-state index in [-0.39, 0.29) is 21.8 Å². The summed E-state index contributed by atoms with van der Waals surface area (Å²) in [6.45, 7) is 7.45. The van der Waals surface area contributed by atoms with Gasteiger partial charge < -0.3 is 9.30 Å². The molecule has 160 valence electrons. The number of halogens is 4. The summed E-state index contributed by atoms with van der Waals surface area (Å²) in [6, 6.07) is 3.89. The van der Waals surface area contributed by atoms with E-state index in [0.717, 1.165) is 17.7 Å². The highest BCUT2D eigenvalue weighted by atomic mass is 35.5. The first kappa shape index (κ1) is 23.5. The number of ether oxygens (including phenoxy) is 1. The molecule has 0 aliphatic carbocycles. The molecule has 1 amide bonds. The summed E-state index contributed by atoms with van der Waals surface area (Å²) in [7, 11) is 0. The van der Waals surface area contributed by atoms with Crippen molar-refractivity contribution in [2.45, 2.75) is 58.7 Å². The highest BCUT2D eigenvalue weighted by Crippen LogP contribution is 2.27. The highest BCUT2D eigenvalue weighted by molar-refractivity contribution is 7.09. The van der Waals surface area contributed by atoms with E-state index in [0.29, 0.717) is 11.3 Å². The van der Waals surface area contributed by atoms with Crippen molar-refractivity contribution >= 4 is 28.8 Å². The molecule has 9 heteroatoms. The molecule has 0 saturated carbocycles. The van der Waals surface area contributed by atoms with Crippen molar-refractivity contribution in [2.24, 2.45) is 4.99 Å². The third-order valence-electron chi connectivity index (χ3n) is 3.97. The third-order valence-corrected chi connectivity index (χ3v) is 5.65. The summed E-state index contributed by atoms with van der Waals surface area (Å²) in [6.07, 6.45) is -0.648. The molecule has 0 N–H and O–H groups in total. The van der Waals surface area contributed by atoms with E-state index in [4.69, 9.17) is 16.3 Å². The van der Waals surface area contributed by atoms with E-state index in [2.05, 4.69) is 32.7 Å². The second kappa shape index (κ2) is 9.34. The van der Waals surface area contributed by atoms with Gasteiger partial charge in [0.05, 0.1) is 5.56 Å². The van der Waals surface area contributed by atoms with Gasteiger partial charge in [0, 0.05) is 22.6 Å². The van der Waals surface area contributed by atoms with E-state index in [1.54, 1.807) is 0 Å². The molecule has 4 nitrogen and oxygen atoms in total. The Morgan fingerprint density at radius 2 is 1.97 bits per heavy atom. The fraction of sp³-hybridized carbons (Fsp3) is 0.500. The van der Waals surface area contributed by atoms with E-state index >= 15 is 0 Å². The van der Waals surface area contributed by atoms with Gasteiger partial charge in [-0.15, -0.1) is 11.3 Å². The molecule has 1 aromatic heterocycles. The number of hydrogen-bond donors (Lipinski definition) is 0. The summed E-state index contributed by atoms with van der Waals surface area (Å²) in [5.41, 5.74) is -0.221. The van der Waals surface area contributed by atoms with Crippen molar-refractivity contribution in [3.05, 3.63) is 44.7 Å². The number of nitrogens with zero attached hydrogens (tertiary/aromatic N) is 2. The molecule has 0 radical (unpaired) electrons. The van der Waals surface area contributed by atoms with Crippen molar-refractivity contribution in [3.8, 4) is 5.75 Å².